The van der Waals surface area contributed by atoms with Crippen LogP contribution in [0.25, 0.3) is 0 Å². The summed E-state index contributed by atoms with van der Waals surface area (Å²) in [6.45, 7) is 8.30. The lowest BCUT2D eigenvalue weighted by Crippen LogP contribution is -2.37. The SMILES string of the molecule is CCn1cc(S(=O)(=O)NC(C)C(C)CBr)nc1C. The van der Waals surface area contributed by atoms with Gasteiger partial charge >= 0.3 is 0 Å². The van der Waals surface area contributed by atoms with Gasteiger partial charge in [0.15, 0.2) is 5.03 Å². The van der Waals surface area contributed by atoms with E-state index >= 15 is 0 Å². The van der Waals surface area contributed by atoms with E-state index < -0.39 is 10.0 Å². The summed E-state index contributed by atoms with van der Waals surface area (Å²) in [4.78, 5) is 4.09. The molecule has 1 N–H and O–H groups in total. The maximum atomic E-state index is 12.1. The van der Waals surface area contributed by atoms with Gasteiger partial charge in [-0.05, 0) is 26.7 Å². The molecule has 104 valence electrons. The molecule has 1 aromatic rings. The molecule has 2 unspecified atom stereocenters. The number of hydrogen-bond acceptors (Lipinski definition) is 3. The van der Waals surface area contributed by atoms with Crippen molar-refractivity contribution in [1.29, 1.82) is 0 Å². The van der Waals surface area contributed by atoms with E-state index in [1.165, 1.54) is 0 Å². The molecule has 0 fully saturated rings. The second kappa shape index (κ2) is 6.16. The lowest BCUT2D eigenvalue weighted by molar-refractivity contribution is 0.483. The molecular formula is C11H20BrN3O2S. The van der Waals surface area contributed by atoms with Crippen molar-refractivity contribution in [1.82, 2.24) is 14.3 Å². The highest BCUT2D eigenvalue weighted by atomic mass is 79.9. The molecule has 5 nitrogen and oxygen atoms in total. The smallest absolute Gasteiger partial charge is 0.259 e. The minimum Gasteiger partial charge on any atom is -0.334 e. The zero-order valence-corrected chi connectivity index (χ0v) is 13.5. The van der Waals surface area contributed by atoms with E-state index in [9.17, 15) is 8.42 Å². The molecule has 0 aliphatic carbocycles. The van der Waals surface area contributed by atoms with E-state index in [0.717, 1.165) is 5.33 Å². The zero-order chi connectivity index (χ0) is 13.9. The van der Waals surface area contributed by atoms with Crippen LogP contribution in [0.2, 0.25) is 0 Å². The van der Waals surface area contributed by atoms with Crippen molar-refractivity contribution in [3.05, 3.63) is 12.0 Å². The summed E-state index contributed by atoms with van der Waals surface area (Å²) >= 11 is 3.35. The van der Waals surface area contributed by atoms with E-state index in [4.69, 9.17) is 0 Å². The molecule has 1 aromatic heterocycles. The molecule has 0 aliphatic heterocycles. The Morgan fingerprint density at radius 2 is 2.11 bits per heavy atom. The van der Waals surface area contributed by atoms with Gasteiger partial charge in [0, 0.05) is 24.1 Å². The highest BCUT2D eigenvalue weighted by Gasteiger charge is 2.23. The quantitative estimate of drug-likeness (QED) is 0.806. The Labute approximate surface area is 117 Å². The second-order valence-electron chi connectivity index (χ2n) is 4.45. The van der Waals surface area contributed by atoms with Gasteiger partial charge in [0.1, 0.15) is 5.82 Å². The molecule has 1 heterocycles. The highest BCUT2D eigenvalue weighted by Crippen LogP contribution is 2.13. The first-order chi connectivity index (χ1) is 8.31. The Hall–Kier alpha value is -0.400. The molecule has 18 heavy (non-hydrogen) atoms. The number of sulfonamides is 1. The van der Waals surface area contributed by atoms with Crippen LogP contribution < -0.4 is 4.72 Å². The van der Waals surface area contributed by atoms with E-state index in [-0.39, 0.29) is 17.0 Å². The first-order valence-corrected chi connectivity index (χ1v) is 8.54. The summed E-state index contributed by atoms with van der Waals surface area (Å²) in [5, 5.41) is 0.842. The fourth-order valence-corrected chi connectivity index (χ4v) is 3.41. The minimum atomic E-state index is -3.53. The molecule has 0 bridgehead atoms. The number of hydrogen-bond donors (Lipinski definition) is 1. The predicted octanol–water partition coefficient (Wildman–Crippen LogP) is 1.91. The third-order valence-corrected chi connectivity index (χ3v) is 5.46. The van der Waals surface area contributed by atoms with E-state index in [0.29, 0.717) is 12.4 Å². The van der Waals surface area contributed by atoms with Gasteiger partial charge in [-0.25, -0.2) is 18.1 Å². The largest absolute Gasteiger partial charge is 0.334 e. The second-order valence-corrected chi connectivity index (χ2v) is 6.76. The summed E-state index contributed by atoms with van der Waals surface area (Å²) in [5.74, 6) is 0.924. The maximum Gasteiger partial charge on any atom is 0.259 e. The maximum absolute atomic E-state index is 12.1. The lowest BCUT2D eigenvalue weighted by Gasteiger charge is -2.18. The van der Waals surface area contributed by atoms with Gasteiger partial charge in [-0.1, -0.05) is 22.9 Å². The fraction of sp³-hybridized carbons (Fsp3) is 0.727. The van der Waals surface area contributed by atoms with Crippen LogP contribution in [0.15, 0.2) is 11.2 Å². The topological polar surface area (TPSA) is 64.0 Å². The molecule has 2 atom stereocenters. The highest BCUT2D eigenvalue weighted by molar-refractivity contribution is 9.09. The molecule has 0 saturated carbocycles. The summed E-state index contributed by atoms with van der Waals surface area (Å²) < 4.78 is 28.8. The first-order valence-electron chi connectivity index (χ1n) is 5.93. The number of imidazole rings is 1. The molecule has 1 rings (SSSR count). The Bertz CT molecular complexity index is 498. The molecule has 0 aliphatic rings. The van der Waals surface area contributed by atoms with Crippen molar-refractivity contribution in [2.75, 3.05) is 5.33 Å². The average Bonchev–Trinajstić information content (AvgIpc) is 2.69. The van der Waals surface area contributed by atoms with Gasteiger partial charge in [0.2, 0.25) is 0 Å². The first kappa shape index (κ1) is 15.7. The third kappa shape index (κ3) is 3.55. The van der Waals surface area contributed by atoms with Crippen LogP contribution >= 0.6 is 15.9 Å². The van der Waals surface area contributed by atoms with Gasteiger partial charge in [-0.15, -0.1) is 0 Å². The average molecular weight is 338 g/mol. The predicted molar refractivity (Wildman–Crippen MR) is 75.4 cm³/mol. The standard InChI is InChI=1S/C11H20BrN3O2S/c1-5-15-7-11(13-10(15)4)18(16,17)14-9(3)8(2)6-12/h7-9,14H,5-6H2,1-4H3. The molecule has 0 amide bonds. The number of nitrogens with zero attached hydrogens (tertiary/aromatic N) is 2. The van der Waals surface area contributed by atoms with Crippen molar-refractivity contribution in [3.63, 3.8) is 0 Å². The Morgan fingerprint density at radius 3 is 2.56 bits per heavy atom. The van der Waals surface area contributed by atoms with E-state index in [1.54, 1.807) is 13.1 Å². The van der Waals surface area contributed by atoms with Crippen molar-refractivity contribution >= 4 is 26.0 Å². The van der Waals surface area contributed by atoms with Crippen LogP contribution in [0.4, 0.5) is 0 Å². The summed E-state index contributed by atoms with van der Waals surface area (Å²) in [5.41, 5.74) is 0. The van der Waals surface area contributed by atoms with E-state index in [1.807, 2.05) is 25.3 Å². The van der Waals surface area contributed by atoms with Gasteiger partial charge in [0.25, 0.3) is 10.0 Å². The zero-order valence-electron chi connectivity index (χ0n) is 11.1. The van der Waals surface area contributed by atoms with Crippen LogP contribution in [0, 0.1) is 12.8 Å². The molecule has 7 heteroatoms. The third-order valence-electron chi connectivity index (χ3n) is 3.01. The number of aryl methyl sites for hydroxylation is 2. The van der Waals surface area contributed by atoms with Gasteiger partial charge in [-0.2, -0.15) is 0 Å². The van der Waals surface area contributed by atoms with Crippen molar-refractivity contribution in [2.45, 2.75) is 45.3 Å². The number of nitrogens with one attached hydrogen (secondary N) is 1. The van der Waals surface area contributed by atoms with Crippen LogP contribution in [0.3, 0.4) is 0 Å². The van der Waals surface area contributed by atoms with Gasteiger partial charge < -0.3 is 4.57 Å². The molecule has 0 saturated heterocycles. The van der Waals surface area contributed by atoms with Crippen LogP contribution in [0.1, 0.15) is 26.6 Å². The molecule has 0 spiro atoms. The van der Waals surface area contributed by atoms with Gasteiger partial charge in [0.05, 0.1) is 0 Å². The number of alkyl halides is 1. The van der Waals surface area contributed by atoms with Crippen LogP contribution in [-0.4, -0.2) is 29.3 Å². The summed E-state index contributed by atoms with van der Waals surface area (Å²) in [7, 11) is -3.53. The lowest BCUT2D eigenvalue weighted by atomic mass is 10.1. The number of aromatic nitrogens is 2. The Kier molecular flexibility index (Phi) is 5.36. The summed E-state index contributed by atoms with van der Waals surface area (Å²) in [6, 6.07) is -0.138. The monoisotopic (exact) mass is 337 g/mol. The molecule has 0 aromatic carbocycles. The minimum absolute atomic E-state index is 0.0930. The fourth-order valence-electron chi connectivity index (χ4n) is 1.48. The van der Waals surface area contributed by atoms with Crippen molar-refractivity contribution in [3.8, 4) is 0 Å². The van der Waals surface area contributed by atoms with Crippen LogP contribution in [-0.2, 0) is 16.6 Å². The van der Waals surface area contributed by atoms with Crippen molar-refractivity contribution in [2.24, 2.45) is 5.92 Å². The number of halogens is 1. The summed E-state index contributed by atoms with van der Waals surface area (Å²) in [6.07, 6.45) is 1.57. The Balaban J connectivity index is 2.92. The van der Waals surface area contributed by atoms with E-state index in [2.05, 4.69) is 25.6 Å². The van der Waals surface area contributed by atoms with Crippen molar-refractivity contribution < 1.29 is 8.42 Å². The van der Waals surface area contributed by atoms with Gasteiger partial charge in [-0.3, -0.25) is 0 Å². The molecular weight excluding hydrogens is 318 g/mol. The molecule has 0 radical (unpaired) electrons. The Morgan fingerprint density at radius 1 is 1.50 bits per heavy atom. The van der Waals surface area contributed by atoms with Crippen LogP contribution in [0.5, 0.6) is 0 Å². The normalized spacial score (nSPS) is 15.6. The number of rotatable bonds is 6.